The van der Waals surface area contributed by atoms with E-state index in [0.717, 1.165) is 27.4 Å². The van der Waals surface area contributed by atoms with Gasteiger partial charge in [-0.1, -0.05) is 6.07 Å². The summed E-state index contributed by atoms with van der Waals surface area (Å²) in [4.78, 5) is 7.89. The summed E-state index contributed by atoms with van der Waals surface area (Å²) in [6, 6.07) is 13.9. The van der Waals surface area contributed by atoms with Crippen LogP contribution in [0.25, 0.3) is 0 Å². The predicted octanol–water partition coefficient (Wildman–Crippen LogP) is 4.81. The SMILES string of the molecule is S=C1N[C@H](c2ccccn2)[C@H](c2cc(Br)cs2)N1c1ccc2c(c1)OCO2. The molecule has 5 nitrogen and oxygen atoms in total. The molecule has 0 radical (unpaired) electrons. The van der Waals surface area contributed by atoms with Crippen molar-refractivity contribution in [3.63, 3.8) is 0 Å². The van der Waals surface area contributed by atoms with E-state index in [-0.39, 0.29) is 18.9 Å². The molecular weight excluding hydrogens is 446 g/mol. The van der Waals surface area contributed by atoms with Crippen LogP contribution in [-0.4, -0.2) is 16.9 Å². The summed E-state index contributed by atoms with van der Waals surface area (Å²) in [6.45, 7) is 0.249. The molecule has 2 atom stereocenters. The molecule has 1 saturated heterocycles. The first-order valence-electron chi connectivity index (χ1n) is 8.35. The monoisotopic (exact) mass is 459 g/mol. The Morgan fingerprint density at radius 2 is 2.07 bits per heavy atom. The van der Waals surface area contributed by atoms with Crippen LogP contribution in [0, 0.1) is 0 Å². The Labute approximate surface area is 174 Å². The highest BCUT2D eigenvalue weighted by atomic mass is 79.9. The third kappa shape index (κ3) is 2.97. The molecule has 2 aliphatic heterocycles. The van der Waals surface area contributed by atoms with Crippen LogP contribution >= 0.6 is 39.5 Å². The molecule has 3 aromatic rings. The normalized spacial score (nSPS) is 20.8. The van der Waals surface area contributed by atoms with Gasteiger partial charge in [-0.3, -0.25) is 4.98 Å². The smallest absolute Gasteiger partial charge is 0.231 e. The molecule has 1 N–H and O–H groups in total. The van der Waals surface area contributed by atoms with Crippen LogP contribution < -0.4 is 19.7 Å². The van der Waals surface area contributed by atoms with Gasteiger partial charge in [0.25, 0.3) is 0 Å². The largest absolute Gasteiger partial charge is 0.454 e. The summed E-state index contributed by atoms with van der Waals surface area (Å²) in [5.74, 6) is 1.50. The Kier molecular flexibility index (Phi) is 4.26. The number of pyridine rings is 1. The van der Waals surface area contributed by atoms with Gasteiger partial charge < -0.3 is 19.7 Å². The summed E-state index contributed by atoms with van der Waals surface area (Å²) in [7, 11) is 0. The molecule has 1 aromatic carbocycles. The number of thiocarbonyl (C=S) groups is 1. The summed E-state index contributed by atoms with van der Waals surface area (Å²) >= 11 is 11.0. The van der Waals surface area contributed by atoms with Gasteiger partial charge in [-0.05, 0) is 58.5 Å². The standard InChI is InChI=1S/C19H14BrN3O2S2/c20-11-7-16(27-9-11)18-17(13-3-1-2-6-21-13)22-19(26)23(18)12-4-5-14-15(8-12)25-10-24-14/h1-9,17-18H,10H2,(H,22,26)/t17-,18+/m1/s1. The van der Waals surface area contributed by atoms with Crippen molar-refractivity contribution in [3.05, 3.63) is 69.1 Å². The highest BCUT2D eigenvalue weighted by molar-refractivity contribution is 9.10. The van der Waals surface area contributed by atoms with Crippen LogP contribution in [-0.2, 0) is 0 Å². The number of aromatic nitrogens is 1. The Balaban J connectivity index is 1.61. The van der Waals surface area contributed by atoms with Crippen molar-refractivity contribution in [3.8, 4) is 11.5 Å². The van der Waals surface area contributed by atoms with Gasteiger partial charge in [-0.2, -0.15) is 0 Å². The molecule has 4 heterocycles. The zero-order valence-electron chi connectivity index (χ0n) is 14.0. The first-order valence-corrected chi connectivity index (χ1v) is 10.4. The van der Waals surface area contributed by atoms with E-state index in [1.807, 2.05) is 42.6 Å². The summed E-state index contributed by atoms with van der Waals surface area (Å²) in [5.41, 5.74) is 1.92. The molecule has 5 rings (SSSR count). The van der Waals surface area contributed by atoms with Crippen molar-refractivity contribution in [2.24, 2.45) is 0 Å². The zero-order chi connectivity index (χ0) is 18.4. The van der Waals surface area contributed by atoms with E-state index in [4.69, 9.17) is 21.7 Å². The quantitative estimate of drug-likeness (QED) is 0.566. The van der Waals surface area contributed by atoms with Crippen molar-refractivity contribution < 1.29 is 9.47 Å². The number of halogens is 1. The van der Waals surface area contributed by atoms with Crippen LogP contribution in [0.5, 0.6) is 11.5 Å². The maximum absolute atomic E-state index is 5.72. The molecule has 136 valence electrons. The molecule has 2 aromatic heterocycles. The molecule has 0 amide bonds. The third-order valence-electron chi connectivity index (χ3n) is 4.61. The molecule has 0 spiro atoms. The lowest BCUT2D eigenvalue weighted by Crippen LogP contribution is -2.29. The minimum Gasteiger partial charge on any atom is -0.454 e. The van der Waals surface area contributed by atoms with E-state index in [2.05, 4.69) is 42.6 Å². The highest BCUT2D eigenvalue weighted by Gasteiger charge is 2.41. The van der Waals surface area contributed by atoms with Crippen molar-refractivity contribution in [1.29, 1.82) is 0 Å². The fourth-order valence-corrected chi connectivity index (χ4v) is 5.36. The first-order chi connectivity index (χ1) is 13.2. The molecule has 8 heteroatoms. The summed E-state index contributed by atoms with van der Waals surface area (Å²) in [6.07, 6.45) is 1.81. The second kappa shape index (κ2) is 6.78. The zero-order valence-corrected chi connectivity index (χ0v) is 17.2. The lowest BCUT2D eigenvalue weighted by atomic mass is 10.0. The first kappa shape index (κ1) is 17.0. The third-order valence-corrected chi connectivity index (χ3v) is 6.69. The van der Waals surface area contributed by atoms with E-state index in [1.165, 1.54) is 4.88 Å². The minimum absolute atomic E-state index is 0.0101. The molecule has 27 heavy (non-hydrogen) atoms. The molecule has 0 aliphatic carbocycles. The average molecular weight is 460 g/mol. The highest BCUT2D eigenvalue weighted by Crippen LogP contribution is 2.46. The van der Waals surface area contributed by atoms with Crippen LogP contribution in [0.2, 0.25) is 0 Å². The number of nitrogens with zero attached hydrogens (tertiary/aromatic N) is 2. The van der Waals surface area contributed by atoms with Gasteiger partial charge >= 0.3 is 0 Å². The van der Waals surface area contributed by atoms with Crippen molar-refractivity contribution in [2.75, 3.05) is 11.7 Å². The maximum Gasteiger partial charge on any atom is 0.231 e. The Morgan fingerprint density at radius 3 is 2.85 bits per heavy atom. The van der Waals surface area contributed by atoms with Gasteiger partial charge in [0.15, 0.2) is 16.6 Å². The number of hydrogen-bond donors (Lipinski definition) is 1. The number of thiophene rings is 1. The summed E-state index contributed by atoms with van der Waals surface area (Å²) in [5, 5.41) is 6.21. The van der Waals surface area contributed by atoms with E-state index >= 15 is 0 Å². The van der Waals surface area contributed by atoms with E-state index in [9.17, 15) is 0 Å². The number of anilines is 1. The molecule has 0 saturated carbocycles. The van der Waals surface area contributed by atoms with Gasteiger partial charge in [0.05, 0.1) is 17.8 Å². The van der Waals surface area contributed by atoms with E-state index in [0.29, 0.717) is 5.11 Å². The molecule has 2 aliphatic rings. The second-order valence-electron chi connectivity index (χ2n) is 6.20. The van der Waals surface area contributed by atoms with Gasteiger partial charge in [-0.15, -0.1) is 11.3 Å². The van der Waals surface area contributed by atoms with Gasteiger partial charge in [-0.25, -0.2) is 0 Å². The van der Waals surface area contributed by atoms with Gasteiger partial charge in [0.1, 0.15) is 0 Å². The van der Waals surface area contributed by atoms with E-state index in [1.54, 1.807) is 11.3 Å². The average Bonchev–Trinajstić information content (AvgIpc) is 3.39. The van der Waals surface area contributed by atoms with Crippen LogP contribution in [0.3, 0.4) is 0 Å². The number of rotatable bonds is 3. The fraction of sp³-hybridized carbons (Fsp3) is 0.158. The molecule has 0 bridgehead atoms. The van der Waals surface area contributed by atoms with Crippen molar-refractivity contribution in [1.82, 2.24) is 10.3 Å². The second-order valence-corrected chi connectivity index (χ2v) is 8.45. The maximum atomic E-state index is 5.72. The molecular formula is C19H14BrN3O2S2. The number of nitrogens with one attached hydrogen (secondary N) is 1. The van der Waals surface area contributed by atoms with Crippen LogP contribution in [0.15, 0.2) is 58.5 Å². The lowest BCUT2D eigenvalue weighted by Gasteiger charge is -2.27. The Bertz CT molecular complexity index is 1010. The number of ether oxygens (including phenoxy) is 2. The van der Waals surface area contributed by atoms with Crippen LogP contribution in [0.1, 0.15) is 22.7 Å². The summed E-state index contributed by atoms with van der Waals surface area (Å²) < 4.78 is 12.1. The van der Waals surface area contributed by atoms with Crippen molar-refractivity contribution in [2.45, 2.75) is 12.1 Å². The molecule has 1 fully saturated rings. The van der Waals surface area contributed by atoms with Crippen LogP contribution in [0.4, 0.5) is 5.69 Å². The minimum atomic E-state index is -0.0466. The van der Waals surface area contributed by atoms with E-state index < -0.39 is 0 Å². The Morgan fingerprint density at radius 1 is 1.19 bits per heavy atom. The molecule has 0 unspecified atom stereocenters. The van der Waals surface area contributed by atoms with Gasteiger partial charge in [0.2, 0.25) is 6.79 Å². The van der Waals surface area contributed by atoms with Gasteiger partial charge in [0, 0.05) is 32.7 Å². The number of benzene rings is 1. The fourth-order valence-electron chi connectivity index (χ4n) is 3.44. The Hall–Kier alpha value is -2.16. The number of fused-ring (bicyclic) bond motifs is 1. The van der Waals surface area contributed by atoms with Crippen molar-refractivity contribution >= 4 is 50.3 Å². The lowest BCUT2D eigenvalue weighted by molar-refractivity contribution is 0.174. The topological polar surface area (TPSA) is 46.6 Å². The number of hydrogen-bond acceptors (Lipinski definition) is 5. The predicted molar refractivity (Wildman–Crippen MR) is 113 cm³/mol.